The topological polar surface area (TPSA) is 61.8 Å². The van der Waals surface area contributed by atoms with Crippen molar-refractivity contribution >= 4 is 38.7 Å². The van der Waals surface area contributed by atoms with Crippen molar-refractivity contribution in [3.8, 4) is 0 Å². The fourth-order valence-corrected chi connectivity index (χ4v) is 9.34. The summed E-state index contributed by atoms with van der Waals surface area (Å²) < 4.78 is 33.2. The third-order valence-corrected chi connectivity index (χ3v) is 11.3. The van der Waals surface area contributed by atoms with Gasteiger partial charge >= 0.3 is 222 Å². The van der Waals surface area contributed by atoms with Crippen molar-refractivity contribution in [1.82, 2.24) is 0 Å². The van der Waals surface area contributed by atoms with Gasteiger partial charge in [0.25, 0.3) is 0 Å². The molecule has 4 atom stereocenters. The molecule has 194 valence electrons. The predicted molar refractivity (Wildman–Crippen MR) is 146 cm³/mol. The number of allylic oxidation sites excluding steroid dienone is 1. The van der Waals surface area contributed by atoms with E-state index in [0.29, 0.717) is 48.3 Å². The van der Waals surface area contributed by atoms with E-state index >= 15 is 0 Å². The Morgan fingerprint density at radius 2 is 1.83 bits per heavy atom. The van der Waals surface area contributed by atoms with Gasteiger partial charge in [0, 0.05) is 0 Å². The number of carbonyl (C=O) groups excluding carboxylic acids is 1. The summed E-state index contributed by atoms with van der Waals surface area (Å²) >= 11 is 0.0369. The molecule has 2 aromatic rings. The Morgan fingerprint density at radius 1 is 1.11 bits per heavy atom. The van der Waals surface area contributed by atoms with Gasteiger partial charge in [-0.1, -0.05) is 0 Å². The molecule has 1 aliphatic carbocycles. The monoisotopic (exact) mass is 576 g/mol. The zero-order valence-electron chi connectivity index (χ0n) is 21.6. The number of hydrogen-bond acceptors (Lipinski definition) is 5. The van der Waals surface area contributed by atoms with Crippen LogP contribution >= 0.6 is 7.60 Å². The Hall–Kier alpha value is -1.84. The third-order valence-electron chi connectivity index (χ3n) is 7.01. The number of benzene rings is 2. The molecule has 2 aromatic carbocycles. The molecule has 0 saturated heterocycles. The van der Waals surface area contributed by atoms with Gasteiger partial charge in [-0.25, -0.2) is 0 Å². The van der Waals surface area contributed by atoms with Crippen LogP contribution < -0.4 is 4.46 Å². The molecule has 1 heterocycles. The molecule has 0 aromatic heterocycles. The van der Waals surface area contributed by atoms with E-state index in [-0.39, 0.29) is 27.0 Å². The first kappa shape index (κ1) is 27.2. The van der Waals surface area contributed by atoms with Gasteiger partial charge in [0.2, 0.25) is 0 Å². The predicted octanol–water partition coefficient (Wildman–Crippen LogP) is 6.65. The van der Waals surface area contributed by atoms with E-state index in [1.54, 1.807) is 12.1 Å². The molecular weight excluding hydrogens is 538 g/mol. The van der Waals surface area contributed by atoms with Gasteiger partial charge in [-0.2, -0.15) is 0 Å². The summed E-state index contributed by atoms with van der Waals surface area (Å²) in [5.74, 6) is 1.81. The van der Waals surface area contributed by atoms with Gasteiger partial charge in [-0.05, 0) is 0 Å². The first-order chi connectivity index (χ1) is 17.3. The van der Waals surface area contributed by atoms with Crippen LogP contribution in [0.2, 0.25) is 0 Å². The van der Waals surface area contributed by atoms with E-state index in [9.17, 15) is 9.36 Å². The van der Waals surface area contributed by atoms with Crippen LogP contribution in [0.25, 0.3) is 5.76 Å². The van der Waals surface area contributed by atoms with Crippen LogP contribution in [0.15, 0.2) is 59.1 Å². The molecule has 4 rings (SSSR count). The van der Waals surface area contributed by atoms with Crippen LogP contribution in [-0.2, 0) is 18.3 Å². The standard InChI is InChI=1S/C29H37O5PSe/c1-5-32-35(31)18-17-27(36-24-9-7-6-8-10-24)28(34-35)22-12-14-23(15-13-22)29(30)33-26-19-21(4)11-16-25(26)20(2)3/h6-10,12-15,20-21,25-26H,5,11,16-19H2,1-4H3. The van der Waals surface area contributed by atoms with Crippen molar-refractivity contribution in [3.05, 3.63) is 70.2 Å². The molecule has 7 heteroatoms. The van der Waals surface area contributed by atoms with Gasteiger partial charge in [-0.15, -0.1) is 0 Å². The minimum atomic E-state index is -3.19. The van der Waals surface area contributed by atoms with Crippen molar-refractivity contribution < 1.29 is 23.1 Å². The first-order valence-electron chi connectivity index (χ1n) is 13.0. The summed E-state index contributed by atoms with van der Waals surface area (Å²) in [6.07, 6.45) is 4.23. The molecule has 0 radical (unpaired) electrons. The average molecular weight is 576 g/mol. The van der Waals surface area contributed by atoms with Gasteiger partial charge in [0.15, 0.2) is 0 Å². The molecule has 5 nitrogen and oxygen atoms in total. The number of hydrogen-bond donors (Lipinski definition) is 0. The van der Waals surface area contributed by atoms with E-state index < -0.39 is 7.60 Å². The van der Waals surface area contributed by atoms with Gasteiger partial charge < -0.3 is 0 Å². The summed E-state index contributed by atoms with van der Waals surface area (Å²) in [6, 6.07) is 17.6. The van der Waals surface area contributed by atoms with Gasteiger partial charge in [-0.3, -0.25) is 0 Å². The molecule has 0 bridgehead atoms. The zero-order valence-corrected chi connectivity index (χ0v) is 24.3. The van der Waals surface area contributed by atoms with Crippen LogP contribution in [0.5, 0.6) is 0 Å². The molecule has 2 aliphatic rings. The quantitative estimate of drug-likeness (QED) is 0.200. The fraction of sp³-hybridized carbons (Fsp3) is 0.483. The number of esters is 1. The Labute approximate surface area is 221 Å². The van der Waals surface area contributed by atoms with E-state index in [1.165, 1.54) is 10.9 Å². The maximum absolute atomic E-state index is 13.2. The Morgan fingerprint density at radius 3 is 2.50 bits per heavy atom. The van der Waals surface area contributed by atoms with Gasteiger partial charge in [0.05, 0.1) is 0 Å². The molecule has 4 unspecified atom stereocenters. The first-order valence-corrected chi connectivity index (χ1v) is 16.4. The van der Waals surface area contributed by atoms with E-state index in [0.717, 1.165) is 22.9 Å². The van der Waals surface area contributed by atoms with Crippen molar-refractivity contribution in [2.45, 2.75) is 59.5 Å². The van der Waals surface area contributed by atoms with E-state index in [1.807, 2.05) is 37.3 Å². The van der Waals surface area contributed by atoms with Crippen LogP contribution in [0, 0.1) is 17.8 Å². The van der Waals surface area contributed by atoms with Crippen LogP contribution in [0.3, 0.4) is 0 Å². The summed E-state index contributed by atoms with van der Waals surface area (Å²) in [5, 5.41) is 0. The van der Waals surface area contributed by atoms with E-state index in [4.69, 9.17) is 13.8 Å². The van der Waals surface area contributed by atoms with Crippen LogP contribution in [-0.4, -0.2) is 39.8 Å². The SMILES string of the molecule is CCOP1(=O)CCC([Se]c2ccccc2)=C(c2ccc(C(=O)OC3CC(C)CCC3C(C)C)cc2)O1. The Kier molecular flexibility index (Phi) is 9.17. The van der Waals surface area contributed by atoms with Crippen LogP contribution in [0.4, 0.5) is 0 Å². The molecule has 1 saturated carbocycles. The third kappa shape index (κ3) is 6.72. The summed E-state index contributed by atoms with van der Waals surface area (Å²) in [5.41, 5.74) is 1.34. The Bertz CT molecular complexity index is 1110. The molecular formula is C29H37O5PSe. The van der Waals surface area contributed by atoms with Crippen molar-refractivity contribution in [1.29, 1.82) is 0 Å². The van der Waals surface area contributed by atoms with Crippen molar-refractivity contribution in [2.75, 3.05) is 12.8 Å². The normalized spacial score (nSPS) is 26.5. The second-order valence-electron chi connectivity index (χ2n) is 10.1. The van der Waals surface area contributed by atoms with Crippen molar-refractivity contribution in [3.63, 3.8) is 0 Å². The summed E-state index contributed by atoms with van der Waals surface area (Å²) in [7, 11) is -3.19. The second-order valence-corrected chi connectivity index (χ2v) is 14.7. The molecule has 0 amide bonds. The zero-order chi connectivity index (χ0) is 25.7. The van der Waals surface area contributed by atoms with Crippen LogP contribution in [0.1, 0.15) is 69.3 Å². The summed E-state index contributed by atoms with van der Waals surface area (Å²) in [6.45, 7) is 8.83. The molecule has 0 spiro atoms. The van der Waals surface area contributed by atoms with Gasteiger partial charge in [0.1, 0.15) is 0 Å². The Balaban J connectivity index is 1.55. The number of rotatable bonds is 8. The minimum absolute atomic E-state index is 0.0369. The average Bonchev–Trinajstić information content (AvgIpc) is 2.86. The van der Waals surface area contributed by atoms with Crippen molar-refractivity contribution in [2.24, 2.45) is 17.8 Å². The number of ether oxygens (including phenoxy) is 1. The molecule has 36 heavy (non-hydrogen) atoms. The molecule has 0 N–H and O–H groups in total. The number of carbonyl (C=O) groups is 1. The maximum atomic E-state index is 13.2. The van der Waals surface area contributed by atoms with E-state index in [2.05, 4.69) is 32.9 Å². The fourth-order valence-electron chi connectivity index (χ4n) is 5.03. The molecule has 1 aliphatic heterocycles. The second kappa shape index (κ2) is 12.1. The summed E-state index contributed by atoms with van der Waals surface area (Å²) in [4.78, 5) is 13.0. The molecule has 1 fully saturated rings.